The van der Waals surface area contributed by atoms with Crippen LogP contribution in [0.25, 0.3) is 5.57 Å². The van der Waals surface area contributed by atoms with Gasteiger partial charge < -0.3 is 0 Å². The second-order valence-electron chi connectivity index (χ2n) is 5.45. The first kappa shape index (κ1) is 17.2. The predicted molar refractivity (Wildman–Crippen MR) is 96.4 cm³/mol. The molecular weight excluding hydrogens is 252 g/mol. The standard InChI is InChI=1S/C21H28/c1-7-17(8-2)15-21(16(5)6)20(10-4)19-13-11-12-18(9-3)14-19/h7,10-15H,1,8-9H2,2-6H3/b17-15+,20-10-. The number of hydrogen-bond acceptors (Lipinski definition) is 0. The minimum absolute atomic E-state index is 1.01. The largest absolute Gasteiger partial charge is 0.0988 e. The Morgan fingerprint density at radius 3 is 2.38 bits per heavy atom. The summed E-state index contributed by atoms with van der Waals surface area (Å²) in [7, 11) is 0. The van der Waals surface area contributed by atoms with Gasteiger partial charge in [0.15, 0.2) is 0 Å². The van der Waals surface area contributed by atoms with Gasteiger partial charge in [0.25, 0.3) is 0 Å². The molecule has 0 aliphatic heterocycles. The predicted octanol–water partition coefficient (Wildman–Crippen LogP) is 6.51. The summed E-state index contributed by atoms with van der Waals surface area (Å²) < 4.78 is 0. The first-order valence-electron chi connectivity index (χ1n) is 7.83. The van der Waals surface area contributed by atoms with Crippen molar-refractivity contribution in [2.45, 2.75) is 47.5 Å². The van der Waals surface area contributed by atoms with Crippen molar-refractivity contribution in [3.63, 3.8) is 0 Å². The molecule has 0 nitrogen and oxygen atoms in total. The van der Waals surface area contributed by atoms with Crippen LogP contribution >= 0.6 is 0 Å². The van der Waals surface area contributed by atoms with E-state index < -0.39 is 0 Å². The molecule has 0 unspecified atom stereocenters. The third-order valence-electron chi connectivity index (χ3n) is 3.76. The molecule has 1 rings (SSSR count). The van der Waals surface area contributed by atoms with Gasteiger partial charge in [0, 0.05) is 0 Å². The lowest BCUT2D eigenvalue weighted by Crippen LogP contribution is -1.93. The van der Waals surface area contributed by atoms with E-state index in [9.17, 15) is 0 Å². The average Bonchev–Trinajstić information content (AvgIpc) is 2.51. The van der Waals surface area contributed by atoms with Crippen LogP contribution < -0.4 is 0 Å². The van der Waals surface area contributed by atoms with Crippen molar-refractivity contribution >= 4 is 5.57 Å². The summed E-state index contributed by atoms with van der Waals surface area (Å²) in [5.74, 6) is 0. The fourth-order valence-electron chi connectivity index (χ4n) is 2.42. The molecule has 1 aromatic carbocycles. The first-order valence-corrected chi connectivity index (χ1v) is 7.83. The number of rotatable bonds is 6. The van der Waals surface area contributed by atoms with Crippen LogP contribution in [-0.2, 0) is 6.42 Å². The summed E-state index contributed by atoms with van der Waals surface area (Å²) in [4.78, 5) is 0. The molecule has 0 aliphatic rings. The van der Waals surface area contributed by atoms with Gasteiger partial charge in [-0.15, -0.1) is 0 Å². The van der Waals surface area contributed by atoms with Crippen LogP contribution in [0.15, 0.2) is 65.8 Å². The summed E-state index contributed by atoms with van der Waals surface area (Å²) in [6.45, 7) is 14.8. The maximum atomic E-state index is 3.92. The Kier molecular flexibility index (Phi) is 6.94. The van der Waals surface area contributed by atoms with Crippen LogP contribution in [0.2, 0.25) is 0 Å². The zero-order valence-corrected chi connectivity index (χ0v) is 14.2. The molecule has 0 radical (unpaired) electrons. The average molecular weight is 280 g/mol. The van der Waals surface area contributed by atoms with E-state index >= 15 is 0 Å². The molecule has 0 saturated heterocycles. The van der Waals surface area contributed by atoms with E-state index in [1.165, 1.54) is 33.4 Å². The van der Waals surface area contributed by atoms with Crippen LogP contribution in [0, 0.1) is 0 Å². The Morgan fingerprint density at radius 2 is 1.90 bits per heavy atom. The third kappa shape index (κ3) is 4.60. The minimum atomic E-state index is 1.01. The van der Waals surface area contributed by atoms with Gasteiger partial charge in [-0.3, -0.25) is 0 Å². The zero-order valence-electron chi connectivity index (χ0n) is 14.2. The maximum absolute atomic E-state index is 3.92. The van der Waals surface area contributed by atoms with Crippen molar-refractivity contribution in [1.29, 1.82) is 0 Å². The summed E-state index contributed by atoms with van der Waals surface area (Å²) >= 11 is 0. The van der Waals surface area contributed by atoms with Gasteiger partial charge in [-0.25, -0.2) is 0 Å². The molecule has 0 N–H and O–H groups in total. The highest BCUT2D eigenvalue weighted by molar-refractivity contribution is 5.83. The lowest BCUT2D eigenvalue weighted by atomic mass is 9.91. The summed E-state index contributed by atoms with van der Waals surface area (Å²) in [6.07, 6.45) is 8.52. The fourth-order valence-corrected chi connectivity index (χ4v) is 2.42. The molecule has 112 valence electrons. The highest BCUT2D eigenvalue weighted by atomic mass is 14.1. The normalized spacial score (nSPS) is 12.2. The Hall–Kier alpha value is -1.82. The molecule has 21 heavy (non-hydrogen) atoms. The van der Waals surface area contributed by atoms with Crippen LogP contribution in [0.4, 0.5) is 0 Å². The van der Waals surface area contributed by atoms with Crippen LogP contribution in [0.5, 0.6) is 0 Å². The quantitative estimate of drug-likeness (QED) is 0.521. The van der Waals surface area contributed by atoms with Gasteiger partial charge in [-0.05, 0) is 61.5 Å². The monoisotopic (exact) mass is 280 g/mol. The van der Waals surface area contributed by atoms with E-state index in [2.05, 4.69) is 77.6 Å². The molecule has 0 spiro atoms. The molecule has 0 fully saturated rings. The molecular formula is C21H28. The highest BCUT2D eigenvalue weighted by Gasteiger charge is 2.08. The lowest BCUT2D eigenvalue weighted by Gasteiger charge is -2.14. The van der Waals surface area contributed by atoms with E-state index in [4.69, 9.17) is 0 Å². The Labute approximate surface area is 130 Å². The summed E-state index contributed by atoms with van der Waals surface area (Å²) in [5, 5.41) is 0. The minimum Gasteiger partial charge on any atom is -0.0988 e. The molecule has 0 aliphatic carbocycles. The van der Waals surface area contributed by atoms with Crippen molar-refractivity contribution in [1.82, 2.24) is 0 Å². The second-order valence-corrected chi connectivity index (χ2v) is 5.45. The maximum Gasteiger partial charge on any atom is -0.0155 e. The van der Waals surface area contributed by atoms with Gasteiger partial charge in [0.2, 0.25) is 0 Å². The fraction of sp³-hybridized carbons (Fsp3) is 0.333. The lowest BCUT2D eigenvalue weighted by molar-refractivity contribution is 1.13. The Morgan fingerprint density at radius 1 is 1.19 bits per heavy atom. The van der Waals surface area contributed by atoms with Gasteiger partial charge in [0.1, 0.15) is 0 Å². The molecule has 0 bridgehead atoms. The number of benzene rings is 1. The number of allylic oxidation sites excluding steroid dienone is 7. The first-order chi connectivity index (χ1) is 10.1. The van der Waals surface area contributed by atoms with Crippen molar-refractivity contribution in [3.8, 4) is 0 Å². The van der Waals surface area contributed by atoms with E-state index in [0.29, 0.717) is 0 Å². The zero-order chi connectivity index (χ0) is 15.8. The highest BCUT2D eigenvalue weighted by Crippen LogP contribution is 2.29. The van der Waals surface area contributed by atoms with Crippen LogP contribution in [0.3, 0.4) is 0 Å². The Bertz CT molecular complexity index is 576. The molecule has 0 heterocycles. The van der Waals surface area contributed by atoms with Gasteiger partial charge >= 0.3 is 0 Å². The van der Waals surface area contributed by atoms with E-state index in [1.807, 2.05) is 6.08 Å². The van der Waals surface area contributed by atoms with Crippen molar-refractivity contribution in [2.75, 3.05) is 0 Å². The van der Waals surface area contributed by atoms with Crippen LogP contribution in [0.1, 0.15) is 52.2 Å². The van der Waals surface area contributed by atoms with Gasteiger partial charge in [-0.1, -0.05) is 68.5 Å². The number of hydrogen-bond donors (Lipinski definition) is 0. The third-order valence-corrected chi connectivity index (χ3v) is 3.76. The SMILES string of the molecule is C=C/C(=C\C(=C(C)C)/C(=C\C)c1cccc(CC)c1)CC. The molecule has 0 amide bonds. The Balaban J connectivity index is 3.38. The smallest absolute Gasteiger partial charge is 0.0155 e. The van der Waals surface area contributed by atoms with Crippen LogP contribution in [-0.4, -0.2) is 0 Å². The van der Waals surface area contributed by atoms with E-state index in [-0.39, 0.29) is 0 Å². The van der Waals surface area contributed by atoms with Gasteiger partial charge in [-0.2, -0.15) is 0 Å². The van der Waals surface area contributed by atoms with Crippen molar-refractivity contribution in [2.24, 2.45) is 0 Å². The topological polar surface area (TPSA) is 0 Å². The second kappa shape index (κ2) is 8.46. The summed E-state index contributed by atoms with van der Waals surface area (Å²) in [5.41, 5.74) is 7.89. The molecule has 0 aromatic heterocycles. The van der Waals surface area contributed by atoms with Crippen molar-refractivity contribution in [3.05, 3.63) is 76.9 Å². The number of aryl methyl sites for hydroxylation is 1. The van der Waals surface area contributed by atoms with E-state index in [1.54, 1.807) is 0 Å². The molecule has 0 saturated carbocycles. The molecule has 0 heteroatoms. The molecule has 1 aromatic rings. The molecule has 0 atom stereocenters. The van der Waals surface area contributed by atoms with Gasteiger partial charge in [0.05, 0.1) is 0 Å². The van der Waals surface area contributed by atoms with Crippen molar-refractivity contribution < 1.29 is 0 Å². The van der Waals surface area contributed by atoms with E-state index in [0.717, 1.165) is 12.8 Å². The summed E-state index contributed by atoms with van der Waals surface area (Å²) in [6, 6.07) is 8.84.